The smallest absolute Gasteiger partial charge is 0.141 e. The Bertz CT molecular complexity index is 609. The van der Waals surface area contributed by atoms with Crippen molar-refractivity contribution in [2.45, 2.75) is 40.7 Å². The average Bonchev–Trinajstić information content (AvgIpc) is 2.56. The number of hydrogen-bond donors (Lipinski definition) is 1. The Morgan fingerprint density at radius 1 is 1.30 bits per heavy atom. The van der Waals surface area contributed by atoms with Crippen LogP contribution in [0.25, 0.3) is 0 Å². The van der Waals surface area contributed by atoms with E-state index in [0.29, 0.717) is 17.4 Å². The summed E-state index contributed by atoms with van der Waals surface area (Å²) >= 11 is 6.31. The molecule has 0 fully saturated rings. The zero-order valence-electron chi connectivity index (χ0n) is 12.6. The Morgan fingerprint density at radius 3 is 2.60 bits per heavy atom. The topological polar surface area (TPSA) is 43.8 Å². The van der Waals surface area contributed by atoms with E-state index in [2.05, 4.69) is 51.0 Å². The predicted octanol–water partition coefficient (Wildman–Crippen LogP) is 4.06. The number of benzene rings is 1. The molecule has 0 bridgehead atoms. The van der Waals surface area contributed by atoms with Crippen LogP contribution in [0.4, 0.5) is 5.82 Å². The number of aromatic nitrogens is 2. The van der Waals surface area contributed by atoms with E-state index in [1.54, 1.807) is 4.68 Å². The van der Waals surface area contributed by atoms with Crippen LogP contribution in [0.2, 0.25) is 5.02 Å². The highest BCUT2D eigenvalue weighted by Gasteiger charge is 2.20. The van der Waals surface area contributed by atoms with Gasteiger partial charge in [-0.2, -0.15) is 5.10 Å². The highest BCUT2D eigenvalue weighted by Crippen LogP contribution is 2.29. The molecule has 1 aromatic heterocycles. The van der Waals surface area contributed by atoms with Crippen molar-refractivity contribution in [3.8, 4) is 0 Å². The molecule has 0 unspecified atom stereocenters. The van der Waals surface area contributed by atoms with E-state index >= 15 is 0 Å². The Kier molecular flexibility index (Phi) is 4.09. The van der Waals surface area contributed by atoms with Gasteiger partial charge in [0, 0.05) is 0 Å². The zero-order valence-corrected chi connectivity index (χ0v) is 13.3. The van der Waals surface area contributed by atoms with Crippen LogP contribution in [-0.4, -0.2) is 9.78 Å². The lowest BCUT2D eigenvalue weighted by atomic mass is 9.91. The summed E-state index contributed by atoms with van der Waals surface area (Å²) in [5.41, 5.74) is 9.50. The number of anilines is 1. The van der Waals surface area contributed by atoms with Crippen molar-refractivity contribution in [1.29, 1.82) is 0 Å². The molecule has 0 spiro atoms. The molecule has 2 rings (SSSR count). The Morgan fingerprint density at radius 2 is 2.00 bits per heavy atom. The van der Waals surface area contributed by atoms with Crippen molar-refractivity contribution >= 4 is 17.4 Å². The van der Waals surface area contributed by atoms with Gasteiger partial charge in [-0.15, -0.1) is 0 Å². The number of hydrogen-bond acceptors (Lipinski definition) is 2. The molecular formula is C16H22ClN3. The van der Waals surface area contributed by atoms with Crippen molar-refractivity contribution in [1.82, 2.24) is 9.78 Å². The molecule has 20 heavy (non-hydrogen) atoms. The molecule has 3 nitrogen and oxygen atoms in total. The molecule has 1 heterocycles. The summed E-state index contributed by atoms with van der Waals surface area (Å²) in [6.45, 7) is 9.22. The van der Waals surface area contributed by atoms with E-state index in [0.717, 1.165) is 12.1 Å². The van der Waals surface area contributed by atoms with Crippen LogP contribution in [-0.2, 0) is 13.0 Å². The van der Waals surface area contributed by atoms with Gasteiger partial charge in [-0.25, -0.2) is 4.68 Å². The van der Waals surface area contributed by atoms with E-state index in [-0.39, 0.29) is 5.41 Å². The Hall–Kier alpha value is -1.48. The van der Waals surface area contributed by atoms with Crippen LogP contribution in [0.3, 0.4) is 0 Å². The summed E-state index contributed by atoms with van der Waals surface area (Å²) in [6.07, 6.45) is 0.816. The summed E-state index contributed by atoms with van der Waals surface area (Å²) in [7, 11) is 0. The number of halogens is 1. The van der Waals surface area contributed by atoms with Crippen molar-refractivity contribution in [3.05, 3.63) is 46.1 Å². The largest absolute Gasteiger partial charge is 0.383 e. The molecule has 108 valence electrons. The maximum atomic E-state index is 6.31. The van der Waals surface area contributed by atoms with Crippen molar-refractivity contribution in [2.75, 3.05) is 5.73 Å². The van der Waals surface area contributed by atoms with E-state index in [1.807, 2.05) is 6.07 Å². The maximum Gasteiger partial charge on any atom is 0.141 e. The van der Waals surface area contributed by atoms with E-state index in [1.165, 1.54) is 11.1 Å². The van der Waals surface area contributed by atoms with E-state index in [9.17, 15) is 0 Å². The summed E-state index contributed by atoms with van der Waals surface area (Å²) in [6, 6.07) is 8.33. The van der Waals surface area contributed by atoms with Gasteiger partial charge in [0.2, 0.25) is 0 Å². The van der Waals surface area contributed by atoms with Gasteiger partial charge in [0.05, 0.1) is 12.2 Å². The highest BCUT2D eigenvalue weighted by atomic mass is 35.5. The van der Waals surface area contributed by atoms with Gasteiger partial charge < -0.3 is 5.73 Å². The van der Waals surface area contributed by atoms with Crippen LogP contribution in [0.1, 0.15) is 37.6 Å². The van der Waals surface area contributed by atoms with Gasteiger partial charge in [0.25, 0.3) is 0 Å². The third-order valence-electron chi connectivity index (χ3n) is 3.11. The molecule has 1 aromatic carbocycles. The lowest BCUT2D eigenvalue weighted by Crippen LogP contribution is -2.11. The third-order valence-corrected chi connectivity index (χ3v) is 3.52. The monoisotopic (exact) mass is 291 g/mol. The molecule has 0 aliphatic heterocycles. The quantitative estimate of drug-likeness (QED) is 0.926. The second kappa shape index (κ2) is 5.49. The minimum atomic E-state index is 0.137. The first-order chi connectivity index (χ1) is 9.26. The molecule has 0 aliphatic carbocycles. The summed E-state index contributed by atoms with van der Waals surface area (Å²) < 4.78 is 1.79. The Labute approximate surface area is 125 Å². The van der Waals surface area contributed by atoms with Crippen LogP contribution in [0.5, 0.6) is 0 Å². The molecule has 2 N–H and O–H groups in total. The predicted molar refractivity (Wildman–Crippen MR) is 85.1 cm³/mol. The fraction of sp³-hybridized carbons (Fsp3) is 0.438. The number of aryl methyl sites for hydroxylation is 1. The summed E-state index contributed by atoms with van der Waals surface area (Å²) in [5.74, 6) is 0.549. The van der Waals surface area contributed by atoms with E-state index < -0.39 is 0 Å². The first-order valence-electron chi connectivity index (χ1n) is 6.82. The number of rotatable bonds is 3. The second-order valence-corrected chi connectivity index (χ2v) is 6.91. The molecule has 0 saturated heterocycles. The van der Waals surface area contributed by atoms with Gasteiger partial charge in [-0.3, -0.25) is 0 Å². The van der Waals surface area contributed by atoms with Gasteiger partial charge in [0.1, 0.15) is 10.8 Å². The second-order valence-electron chi connectivity index (χ2n) is 6.53. The van der Waals surface area contributed by atoms with E-state index in [4.69, 9.17) is 17.3 Å². The molecule has 0 atom stereocenters. The number of nitrogen functional groups attached to an aromatic ring is 1. The fourth-order valence-corrected chi connectivity index (χ4v) is 2.43. The fourth-order valence-electron chi connectivity index (χ4n) is 2.22. The SMILES string of the molecule is Cc1cccc(Cn2nc(CC(C)(C)C)c(Cl)c2N)c1. The van der Waals surface area contributed by atoms with Crippen molar-refractivity contribution < 1.29 is 0 Å². The number of nitrogens with zero attached hydrogens (tertiary/aromatic N) is 2. The van der Waals surface area contributed by atoms with Crippen LogP contribution in [0.15, 0.2) is 24.3 Å². The third kappa shape index (κ3) is 3.54. The lowest BCUT2D eigenvalue weighted by Gasteiger charge is -2.16. The molecular weight excluding hydrogens is 270 g/mol. The molecule has 0 radical (unpaired) electrons. The van der Waals surface area contributed by atoms with Gasteiger partial charge in [-0.05, 0) is 24.3 Å². The van der Waals surface area contributed by atoms with Gasteiger partial charge >= 0.3 is 0 Å². The van der Waals surface area contributed by atoms with Crippen molar-refractivity contribution in [2.24, 2.45) is 5.41 Å². The summed E-state index contributed by atoms with van der Waals surface area (Å²) in [4.78, 5) is 0. The first kappa shape index (κ1) is 14.9. The average molecular weight is 292 g/mol. The minimum absolute atomic E-state index is 0.137. The first-order valence-corrected chi connectivity index (χ1v) is 7.20. The molecule has 0 amide bonds. The molecule has 0 saturated carbocycles. The molecule has 2 aromatic rings. The van der Waals surface area contributed by atoms with Crippen LogP contribution < -0.4 is 5.73 Å². The lowest BCUT2D eigenvalue weighted by molar-refractivity contribution is 0.404. The van der Waals surface area contributed by atoms with Gasteiger partial charge in [0.15, 0.2) is 0 Å². The highest BCUT2D eigenvalue weighted by molar-refractivity contribution is 6.33. The Balaban J connectivity index is 2.27. The minimum Gasteiger partial charge on any atom is -0.383 e. The van der Waals surface area contributed by atoms with Crippen molar-refractivity contribution in [3.63, 3.8) is 0 Å². The van der Waals surface area contributed by atoms with Crippen LogP contribution in [0, 0.1) is 12.3 Å². The summed E-state index contributed by atoms with van der Waals surface area (Å²) in [5, 5.41) is 5.17. The zero-order chi connectivity index (χ0) is 14.9. The normalized spacial score (nSPS) is 11.8. The van der Waals surface area contributed by atoms with Crippen LogP contribution >= 0.6 is 11.6 Å². The standard InChI is InChI=1S/C16H22ClN3/c1-11-6-5-7-12(8-11)10-20-15(18)14(17)13(19-20)9-16(2,3)4/h5-8H,9-10,18H2,1-4H3. The maximum absolute atomic E-state index is 6.31. The molecule has 4 heteroatoms. The molecule has 0 aliphatic rings. The number of nitrogens with two attached hydrogens (primary N) is 1. The van der Waals surface area contributed by atoms with Gasteiger partial charge in [-0.1, -0.05) is 62.2 Å².